The summed E-state index contributed by atoms with van der Waals surface area (Å²) in [5.41, 5.74) is 4.52. The highest BCUT2D eigenvalue weighted by atomic mass is 35.5. The maximum absolute atomic E-state index is 12.2. The van der Waals surface area contributed by atoms with Crippen LogP contribution in [-0.2, 0) is 16.1 Å². The molecule has 0 aliphatic carbocycles. The summed E-state index contributed by atoms with van der Waals surface area (Å²) >= 11 is 6.24. The summed E-state index contributed by atoms with van der Waals surface area (Å²) in [7, 11) is 0. The number of halogens is 1. The number of carboxylic acids is 1. The van der Waals surface area contributed by atoms with E-state index in [1.165, 1.54) is 6.08 Å². The molecule has 0 unspecified atom stereocenters. The van der Waals surface area contributed by atoms with Crippen molar-refractivity contribution in [1.29, 1.82) is 0 Å². The van der Waals surface area contributed by atoms with Gasteiger partial charge in [0.15, 0.2) is 6.10 Å². The quantitative estimate of drug-likeness (QED) is 0.338. The van der Waals surface area contributed by atoms with Crippen molar-refractivity contribution in [3.8, 4) is 5.75 Å². The van der Waals surface area contributed by atoms with E-state index >= 15 is 0 Å². The molecule has 1 N–H and O–H groups in total. The molecule has 0 amide bonds. The van der Waals surface area contributed by atoms with E-state index in [0.29, 0.717) is 29.3 Å². The monoisotopic (exact) mass is 455 g/mol. The van der Waals surface area contributed by atoms with Crippen LogP contribution < -0.4 is 4.74 Å². The lowest BCUT2D eigenvalue weighted by atomic mass is 10.1. The van der Waals surface area contributed by atoms with Gasteiger partial charge >= 0.3 is 11.9 Å². The Labute approximate surface area is 192 Å². The molecule has 1 aromatic heterocycles. The first-order chi connectivity index (χ1) is 15.3. The molecule has 0 saturated heterocycles. The van der Waals surface area contributed by atoms with Crippen LogP contribution in [0.5, 0.6) is 5.75 Å². The Morgan fingerprint density at radius 2 is 1.97 bits per heavy atom. The fourth-order valence-electron chi connectivity index (χ4n) is 3.58. The Balaban J connectivity index is 1.94. The van der Waals surface area contributed by atoms with Crippen LogP contribution in [0.15, 0.2) is 49.1 Å². The number of carboxylic acid groups (broad SMARTS) is 1. The van der Waals surface area contributed by atoms with Crippen LogP contribution in [0.3, 0.4) is 0 Å². The van der Waals surface area contributed by atoms with Gasteiger partial charge in [0.05, 0.1) is 10.6 Å². The molecule has 0 fully saturated rings. The third kappa shape index (κ3) is 4.81. The van der Waals surface area contributed by atoms with Crippen molar-refractivity contribution in [1.82, 2.24) is 4.57 Å². The Morgan fingerprint density at radius 1 is 1.22 bits per heavy atom. The molecule has 1 atom stereocenters. The molecule has 3 aromatic rings. The lowest BCUT2D eigenvalue weighted by Crippen LogP contribution is -2.26. The molecule has 168 valence electrons. The normalized spacial score (nSPS) is 11.9. The average Bonchev–Trinajstić information content (AvgIpc) is 3.01. The average molecular weight is 456 g/mol. The van der Waals surface area contributed by atoms with E-state index in [2.05, 4.69) is 11.1 Å². The molecular formula is C25H26ClNO5. The highest BCUT2D eigenvalue weighted by Crippen LogP contribution is 2.31. The number of fused-ring (bicyclic) bond motifs is 1. The number of benzene rings is 2. The number of rotatable bonds is 9. The molecule has 32 heavy (non-hydrogen) atoms. The van der Waals surface area contributed by atoms with Gasteiger partial charge in [-0.15, -0.1) is 0 Å². The van der Waals surface area contributed by atoms with E-state index in [1.807, 2.05) is 32.0 Å². The van der Waals surface area contributed by atoms with Crippen molar-refractivity contribution in [2.75, 3.05) is 6.61 Å². The number of aryl methyl sites for hydroxylation is 1. The van der Waals surface area contributed by atoms with E-state index < -0.39 is 12.1 Å². The molecule has 0 aliphatic heterocycles. The van der Waals surface area contributed by atoms with Crippen molar-refractivity contribution >= 4 is 34.4 Å². The van der Waals surface area contributed by atoms with Crippen LogP contribution >= 0.6 is 11.6 Å². The number of aromatic nitrogens is 1. The molecule has 2 aromatic carbocycles. The first-order valence-corrected chi connectivity index (χ1v) is 10.7. The summed E-state index contributed by atoms with van der Waals surface area (Å²) in [5.74, 6) is -1.07. The topological polar surface area (TPSA) is 77.8 Å². The number of carbonyl (C=O) groups excluding carboxylic acids is 1. The standard InChI is InChI=1S/C25H26ClNO5/c1-5-11-31-25(30)18-8-10-21-19(13-18)15(3)16(4)27(21)14-17-7-9-20(26)23(12-17)32-22(6-2)24(28)29/h5,7-10,12-13,22H,1,6,11,14H2,2-4H3,(H,28,29)/t22-/m0/s1. The van der Waals surface area contributed by atoms with Gasteiger partial charge in [0.2, 0.25) is 0 Å². The molecule has 0 saturated carbocycles. The van der Waals surface area contributed by atoms with Crippen LogP contribution in [0.25, 0.3) is 10.9 Å². The second-order valence-electron chi connectivity index (χ2n) is 7.53. The van der Waals surface area contributed by atoms with Gasteiger partial charge < -0.3 is 19.1 Å². The summed E-state index contributed by atoms with van der Waals surface area (Å²) in [6.07, 6.45) is 0.901. The summed E-state index contributed by atoms with van der Waals surface area (Å²) in [6.45, 7) is 10.0. The fraction of sp³-hybridized carbons (Fsp3) is 0.280. The smallest absolute Gasteiger partial charge is 0.344 e. The van der Waals surface area contributed by atoms with Crippen LogP contribution in [0, 0.1) is 13.8 Å². The van der Waals surface area contributed by atoms with Crippen molar-refractivity contribution < 1.29 is 24.2 Å². The number of aliphatic carboxylic acids is 1. The van der Waals surface area contributed by atoms with Crippen LogP contribution in [0.4, 0.5) is 0 Å². The molecule has 0 radical (unpaired) electrons. The van der Waals surface area contributed by atoms with E-state index in [4.69, 9.17) is 21.1 Å². The zero-order valence-electron chi connectivity index (χ0n) is 18.4. The van der Waals surface area contributed by atoms with Gasteiger partial charge in [-0.05, 0) is 61.7 Å². The molecule has 0 aliphatic rings. The Morgan fingerprint density at radius 3 is 2.62 bits per heavy atom. The van der Waals surface area contributed by atoms with Gasteiger partial charge in [-0.3, -0.25) is 0 Å². The first kappa shape index (κ1) is 23.4. The van der Waals surface area contributed by atoms with E-state index in [-0.39, 0.29) is 12.6 Å². The maximum atomic E-state index is 12.2. The number of hydrogen-bond donors (Lipinski definition) is 1. The molecule has 3 rings (SSSR count). The summed E-state index contributed by atoms with van der Waals surface area (Å²) < 4.78 is 12.9. The summed E-state index contributed by atoms with van der Waals surface area (Å²) in [5, 5.41) is 10.6. The minimum atomic E-state index is -1.03. The zero-order chi connectivity index (χ0) is 23.4. The molecule has 7 heteroatoms. The molecular weight excluding hydrogens is 430 g/mol. The Bertz CT molecular complexity index is 1180. The van der Waals surface area contributed by atoms with E-state index in [0.717, 1.165) is 27.7 Å². The van der Waals surface area contributed by atoms with Gasteiger partial charge in [-0.25, -0.2) is 9.59 Å². The third-order valence-electron chi connectivity index (χ3n) is 5.46. The number of nitrogens with zero attached hydrogens (tertiary/aromatic N) is 1. The Hall–Kier alpha value is -3.25. The SMILES string of the molecule is C=CCOC(=O)c1ccc2c(c1)c(C)c(C)n2Cc1ccc(Cl)c(O[C@@H](CC)C(=O)O)c1. The molecule has 0 spiro atoms. The lowest BCUT2D eigenvalue weighted by molar-refractivity contribution is -0.145. The first-order valence-electron chi connectivity index (χ1n) is 10.3. The highest BCUT2D eigenvalue weighted by molar-refractivity contribution is 6.32. The van der Waals surface area contributed by atoms with Gasteiger partial charge in [-0.1, -0.05) is 37.2 Å². The summed E-state index contributed by atoms with van der Waals surface area (Å²) in [6, 6.07) is 10.9. The van der Waals surface area contributed by atoms with Gasteiger partial charge in [0.1, 0.15) is 12.4 Å². The van der Waals surface area contributed by atoms with Crippen LogP contribution in [0.2, 0.25) is 5.02 Å². The number of esters is 1. The van der Waals surface area contributed by atoms with Crippen molar-refractivity contribution in [2.45, 2.75) is 39.8 Å². The molecule has 1 heterocycles. The predicted octanol–water partition coefficient (Wildman–Crippen LogP) is 5.54. The minimum absolute atomic E-state index is 0.164. The van der Waals surface area contributed by atoms with Crippen molar-refractivity contribution in [3.63, 3.8) is 0 Å². The largest absolute Gasteiger partial charge is 0.479 e. The van der Waals surface area contributed by atoms with E-state index in [1.54, 1.807) is 25.1 Å². The Kier molecular flexibility index (Phi) is 7.26. The predicted molar refractivity (Wildman–Crippen MR) is 125 cm³/mol. The third-order valence-corrected chi connectivity index (χ3v) is 5.77. The summed E-state index contributed by atoms with van der Waals surface area (Å²) in [4.78, 5) is 23.6. The number of carbonyl (C=O) groups is 2. The van der Waals surface area contributed by atoms with Gasteiger partial charge in [-0.2, -0.15) is 0 Å². The number of hydrogen-bond acceptors (Lipinski definition) is 4. The fourth-order valence-corrected chi connectivity index (χ4v) is 3.74. The van der Waals surface area contributed by atoms with Crippen molar-refractivity contribution in [3.05, 3.63) is 76.5 Å². The second-order valence-corrected chi connectivity index (χ2v) is 7.94. The molecule has 0 bridgehead atoms. The maximum Gasteiger partial charge on any atom is 0.344 e. The van der Waals surface area contributed by atoms with Crippen molar-refractivity contribution in [2.24, 2.45) is 0 Å². The van der Waals surface area contributed by atoms with E-state index in [9.17, 15) is 14.7 Å². The second kappa shape index (κ2) is 9.92. The zero-order valence-corrected chi connectivity index (χ0v) is 19.1. The minimum Gasteiger partial charge on any atom is -0.479 e. The van der Waals surface area contributed by atoms with Crippen LogP contribution in [-0.4, -0.2) is 34.3 Å². The van der Waals surface area contributed by atoms with Gasteiger partial charge in [0.25, 0.3) is 0 Å². The number of ether oxygens (including phenoxy) is 2. The van der Waals surface area contributed by atoms with Gasteiger partial charge in [0, 0.05) is 23.1 Å². The molecule has 6 nitrogen and oxygen atoms in total. The van der Waals surface area contributed by atoms with Crippen LogP contribution in [0.1, 0.15) is 40.5 Å². The highest BCUT2D eigenvalue weighted by Gasteiger charge is 2.19. The lowest BCUT2D eigenvalue weighted by Gasteiger charge is -2.16.